The second-order valence-electron chi connectivity index (χ2n) is 6.71. The van der Waals surface area contributed by atoms with Crippen molar-refractivity contribution in [2.45, 2.75) is 32.6 Å². The summed E-state index contributed by atoms with van der Waals surface area (Å²) in [5.41, 5.74) is 4.97. The van der Waals surface area contributed by atoms with Crippen LogP contribution in [0.1, 0.15) is 35.4 Å². The summed E-state index contributed by atoms with van der Waals surface area (Å²) in [4.78, 5) is 2.48. The van der Waals surface area contributed by atoms with E-state index in [2.05, 4.69) is 49.3 Å². The van der Waals surface area contributed by atoms with E-state index in [-0.39, 0.29) is 0 Å². The molecule has 2 saturated heterocycles. The summed E-state index contributed by atoms with van der Waals surface area (Å²) in [5.74, 6) is 0.709. The van der Waals surface area contributed by atoms with E-state index in [0.29, 0.717) is 11.3 Å². The fourth-order valence-corrected chi connectivity index (χ4v) is 3.97. The van der Waals surface area contributed by atoms with Gasteiger partial charge in [-0.15, -0.1) is 0 Å². The van der Waals surface area contributed by atoms with Gasteiger partial charge in [0, 0.05) is 19.0 Å². The van der Waals surface area contributed by atoms with Crippen LogP contribution in [0.15, 0.2) is 18.2 Å². The van der Waals surface area contributed by atoms with Crippen LogP contribution in [0.5, 0.6) is 0 Å². The topological polar surface area (TPSA) is 15.3 Å². The van der Waals surface area contributed by atoms with Crippen molar-refractivity contribution in [1.29, 1.82) is 0 Å². The maximum absolute atomic E-state index is 3.67. The second-order valence-corrected chi connectivity index (χ2v) is 6.71. The second kappa shape index (κ2) is 4.92. The van der Waals surface area contributed by atoms with E-state index in [1.807, 2.05) is 0 Å². The highest BCUT2D eigenvalue weighted by atomic mass is 15.1. The molecule has 1 spiro atoms. The highest BCUT2D eigenvalue weighted by Gasteiger charge is 2.45. The van der Waals surface area contributed by atoms with Gasteiger partial charge in [-0.25, -0.2) is 0 Å². The molecule has 0 aliphatic carbocycles. The predicted octanol–water partition coefficient (Wildman–Crippen LogP) is 2.70. The summed E-state index contributed by atoms with van der Waals surface area (Å²) < 4.78 is 0. The first-order valence-electron chi connectivity index (χ1n) is 7.57. The van der Waals surface area contributed by atoms with E-state index in [4.69, 9.17) is 0 Å². The van der Waals surface area contributed by atoms with Crippen molar-refractivity contribution in [2.75, 3.05) is 33.2 Å². The van der Waals surface area contributed by atoms with Crippen molar-refractivity contribution in [3.63, 3.8) is 0 Å². The predicted molar refractivity (Wildman–Crippen MR) is 80.7 cm³/mol. The Balaban J connectivity index is 1.93. The number of aryl methyl sites for hydroxylation is 2. The zero-order valence-electron chi connectivity index (χ0n) is 12.5. The zero-order chi connectivity index (χ0) is 13.5. The summed E-state index contributed by atoms with van der Waals surface area (Å²) in [6, 6.07) is 6.96. The third-order valence-electron chi connectivity index (χ3n) is 5.36. The van der Waals surface area contributed by atoms with Crippen LogP contribution in [0.25, 0.3) is 0 Å². The van der Waals surface area contributed by atoms with E-state index < -0.39 is 0 Å². The maximum atomic E-state index is 3.67. The maximum Gasteiger partial charge on any atom is 0.00357 e. The molecule has 0 amide bonds. The van der Waals surface area contributed by atoms with E-state index in [9.17, 15) is 0 Å². The van der Waals surface area contributed by atoms with Crippen LogP contribution in [0.2, 0.25) is 0 Å². The summed E-state index contributed by atoms with van der Waals surface area (Å²) in [7, 11) is 2.25. The zero-order valence-corrected chi connectivity index (χ0v) is 12.5. The van der Waals surface area contributed by atoms with Gasteiger partial charge in [0.15, 0.2) is 0 Å². The van der Waals surface area contributed by atoms with Crippen LogP contribution in [-0.4, -0.2) is 38.1 Å². The molecule has 0 saturated carbocycles. The van der Waals surface area contributed by atoms with Gasteiger partial charge in [0.2, 0.25) is 0 Å². The van der Waals surface area contributed by atoms with Gasteiger partial charge < -0.3 is 10.2 Å². The molecule has 0 radical (unpaired) electrons. The van der Waals surface area contributed by atoms with Gasteiger partial charge >= 0.3 is 0 Å². The Morgan fingerprint density at radius 2 is 1.95 bits per heavy atom. The molecule has 1 aromatic carbocycles. The van der Waals surface area contributed by atoms with Crippen LogP contribution in [-0.2, 0) is 0 Å². The van der Waals surface area contributed by atoms with Crippen molar-refractivity contribution in [3.8, 4) is 0 Å². The lowest BCUT2D eigenvalue weighted by atomic mass is 9.67. The van der Waals surface area contributed by atoms with Crippen LogP contribution in [0, 0.1) is 19.3 Å². The molecule has 2 heterocycles. The molecule has 104 valence electrons. The largest absolute Gasteiger partial charge is 0.316 e. The van der Waals surface area contributed by atoms with Gasteiger partial charge in [0.25, 0.3) is 0 Å². The van der Waals surface area contributed by atoms with Gasteiger partial charge in [0.1, 0.15) is 0 Å². The van der Waals surface area contributed by atoms with Crippen molar-refractivity contribution in [2.24, 2.45) is 5.41 Å². The van der Waals surface area contributed by atoms with Gasteiger partial charge in [-0.2, -0.15) is 0 Å². The van der Waals surface area contributed by atoms with Crippen molar-refractivity contribution in [3.05, 3.63) is 34.9 Å². The number of nitrogens with one attached hydrogen (secondary N) is 1. The fourth-order valence-electron chi connectivity index (χ4n) is 3.97. The number of likely N-dealkylation sites (tertiary alicyclic amines) is 1. The standard InChI is InChI=1S/C17H26N2/c1-13-4-5-14(2)15(10-13)16-11-18-12-17(16)6-8-19(3)9-7-17/h4-5,10,16,18H,6-9,11-12H2,1-3H3. The molecule has 19 heavy (non-hydrogen) atoms. The highest BCUT2D eigenvalue weighted by Crippen LogP contribution is 2.47. The van der Waals surface area contributed by atoms with E-state index >= 15 is 0 Å². The minimum Gasteiger partial charge on any atom is -0.316 e. The Morgan fingerprint density at radius 3 is 2.68 bits per heavy atom. The quantitative estimate of drug-likeness (QED) is 0.833. The lowest BCUT2D eigenvalue weighted by Crippen LogP contribution is -2.42. The average molecular weight is 258 g/mol. The lowest BCUT2D eigenvalue weighted by molar-refractivity contribution is 0.123. The first-order valence-corrected chi connectivity index (χ1v) is 7.57. The molecule has 2 aliphatic heterocycles. The van der Waals surface area contributed by atoms with E-state index in [1.54, 1.807) is 5.56 Å². The summed E-state index contributed by atoms with van der Waals surface area (Å²) in [5, 5.41) is 3.67. The third-order valence-corrected chi connectivity index (χ3v) is 5.36. The van der Waals surface area contributed by atoms with Crippen molar-refractivity contribution >= 4 is 0 Å². The molecule has 1 atom stereocenters. The van der Waals surface area contributed by atoms with Gasteiger partial charge in [-0.05, 0) is 63.4 Å². The fraction of sp³-hybridized carbons (Fsp3) is 0.647. The normalized spacial score (nSPS) is 27.0. The first kappa shape index (κ1) is 13.1. The molecule has 1 N–H and O–H groups in total. The number of benzene rings is 1. The molecule has 2 heteroatoms. The number of rotatable bonds is 1. The smallest absolute Gasteiger partial charge is 0.00357 e. The number of piperidine rings is 1. The molecular weight excluding hydrogens is 232 g/mol. The van der Waals surface area contributed by atoms with Crippen LogP contribution >= 0.6 is 0 Å². The van der Waals surface area contributed by atoms with Crippen LogP contribution < -0.4 is 5.32 Å². The number of nitrogens with zero attached hydrogens (tertiary/aromatic N) is 1. The summed E-state index contributed by atoms with van der Waals surface area (Å²) in [6.07, 6.45) is 2.68. The molecule has 0 aromatic heterocycles. The Morgan fingerprint density at radius 1 is 1.21 bits per heavy atom. The molecule has 2 fully saturated rings. The minimum absolute atomic E-state index is 0.505. The summed E-state index contributed by atoms with van der Waals surface area (Å²) >= 11 is 0. The molecular formula is C17H26N2. The Kier molecular flexibility index (Phi) is 3.40. The van der Waals surface area contributed by atoms with Crippen molar-refractivity contribution in [1.82, 2.24) is 10.2 Å². The van der Waals surface area contributed by atoms with E-state index in [0.717, 1.165) is 6.54 Å². The molecule has 0 bridgehead atoms. The molecule has 3 rings (SSSR count). The Bertz CT molecular complexity index is 458. The van der Waals surface area contributed by atoms with Gasteiger partial charge in [0.05, 0.1) is 0 Å². The molecule has 2 nitrogen and oxygen atoms in total. The van der Waals surface area contributed by atoms with Crippen molar-refractivity contribution < 1.29 is 0 Å². The number of hydrogen-bond acceptors (Lipinski definition) is 2. The number of hydrogen-bond donors (Lipinski definition) is 1. The highest BCUT2D eigenvalue weighted by molar-refractivity contribution is 5.36. The average Bonchev–Trinajstić information content (AvgIpc) is 2.80. The minimum atomic E-state index is 0.505. The lowest BCUT2D eigenvalue weighted by Gasteiger charge is -2.42. The molecule has 1 unspecified atom stereocenters. The Labute approximate surface area is 117 Å². The summed E-state index contributed by atoms with van der Waals surface area (Å²) in [6.45, 7) is 9.36. The van der Waals surface area contributed by atoms with Crippen LogP contribution in [0.3, 0.4) is 0 Å². The molecule has 1 aromatic rings. The first-order chi connectivity index (χ1) is 9.11. The third kappa shape index (κ3) is 2.32. The monoisotopic (exact) mass is 258 g/mol. The Hall–Kier alpha value is -0.860. The van der Waals surface area contributed by atoms with Gasteiger partial charge in [-0.3, -0.25) is 0 Å². The van der Waals surface area contributed by atoms with E-state index in [1.165, 1.54) is 43.6 Å². The molecule has 2 aliphatic rings. The van der Waals surface area contributed by atoms with Crippen LogP contribution in [0.4, 0.5) is 0 Å². The van der Waals surface area contributed by atoms with Gasteiger partial charge in [-0.1, -0.05) is 23.8 Å². The SMILES string of the molecule is Cc1ccc(C)c(C2CNCC23CCN(C)CC3)c1.